The van der Waals surface area contributed by atoms with Crippen molar-refractivity contribution in [1.29, 1.82) is 0 Å². The molecule has 1 aromatic heterocycles. The number of aromatic nitrogens is 1. The molecule has 1 amide bonds. The highest BCUT2D eigenvalue weighted by molar-refractivity contribution is 9.10. The van der Waals surface area contributed by atoms with Gasteiger partial charge in [-0.1, -0.05) is 46.3 Å². The molecule has 1 unspecified atom stereocenters. The Bertz CT molecular complexity index is 877. The molecule has 1 fully saturated rings. The zero-order chi connectivity index (χ0) is 18.1. The van der Waals surface area contributed by atoms with Crippen molar-refractivity contribution in [3.05, 3.63) is 70.3 Å². The van der Waals surface area contributed by atoms with Crippen LogP contribution >= 0.6 is 15.9 Å². The number of amides is 1. The number of piperazine rings is 1. The van der Waals surface area contributed by atoms with E-state index in [0.717, 1.165) is 41.6 Å². The van der Waals surface area contributed by atoms with E-state index in [0.29, 0.717) is 11.7 Å². The summed E-state index contributed by atoms with van der Waals surface area (Å²) in [7, 11) is 0. The fourth-order valence-corrected chi connectivity index (χ4v) is 3.89. The predicted octanol–water partition coefficient (Wildman–Crippen LogP) is 4.45. The maximum atomic E-state index is 12.8. The highest BCUT2D eigenvalue weighted by Crippen LogP contribution is 2.24. The Morgan fingerprint density at radius 2 is 1.73 bits per heavy atom. The van der Waals surface area contributed by atoms with Crippen molar-refractivity contribution in [1.82, 2.24) is 14.8 Å². The number of rotatable bonds is 3. The van der Waals surface area contributed by atoms with E-state index >= 15 is 0 Å². The minimum Gasteiger partial charge on any atom is -0.351 e. The topological polar surface area (TPSA) is 39.3 Å². The lowest BCUT2D eigenvalue weighted by Gasteiger charge is -2.38. The SMILES string of the molecule is CC(c1ccc(Br)cc1)N1CCN(C(=O)c2cc3ccccc3[nH]2)CC1. The largest absolute Gasteiger partial charge is 0.351 e. The lowest BCUT2D eigenvalue weighted by Crippen LogP contribution is -2.49. The van der Waals surface area contributed by atoms with Gasteiger partial charge in [-0.05, 0) is 36.8 Å². The Morgan fingerprint density at radius 3 is 2.42 bits per heavy atom. The number of nitrogens with zero attached hydrogens (tertiary/aromatic N) is 2. The normalized spacial score (nSPS) is 16.8. The van der Waals surface area contributed by atoms with E-state index in [-0.39, 0.29) is 5.91 Å². The first-order valence-corrected chi connectivity index (χ1v) is 9.77. The third-order valence-corrected chi connectivity index (χ3v) is 5.79. The van der Waals surface area contributed by atoms with Crippen LogP contribution in [0.15, 0.2) is 59.1 Å². The number of hydrogen-bond donors (Lipinski definition) is 1. The first-order chi connectivity index (χ1) is 12.6. The van der Waals surface area contributed by atoms with E-state index in [1.807, 2.05) is 35.2 Å². The zero-order valence-corrected chi connectivity index (χ0v) is 16.4. The van der Waals surface area contributed by atoms with Crippen LogP contribution in [0, 0.1) is 0 Å². The van der Waals surface area contributed by atoms with Gasteiger partial charge in [0.1, 0.15) is 5.69 Å². The fourth-order valence-electron chi connectivity index (χ4n) is 3.62. The number of halogens is 1. The standard InChI is InChI=1S/C21H22BrN3O/c1-15(16-6-8-18(22)9-7-16)24-10-12-25(13-11-24)21(26)20-14-17-4-2-3-5-19(17)23-20/h2-9,14-15,23H,10-13H2,1H3. The van der Waals surface area contributed by atoms with Crippen LogP contribution in [-0.4, -0.2) is 46.9 Å². The van der Waals surface area contributed by atoms with Crippen LogP contribution in [0.3, 0.4) is 0 Å². The molecule has 26 heavy (non-hydrogen) atoms. The summed E-state index contributed by atoms with van der Waals surface area (Å²) < 4.78 is 1.10. The van der Waals surface area contributed by atoms with E-state index in [1.165, 1.54) is 5.56 Å². The molecule has 0 bridgehead atoms. The molecular weight excluding hydrogens is 390 g/mol. The quantitative estimate of drug-likeness (QED) is 0.691. The van der Waals surface area contributed by atoms with Gasteiger partial charge in [-0.15, -0.1) is 0 Å². The Labute approximate surface area is 161 Å². The van der Waals surface area contributed by atoms with E-state index in [1.54, 1.807) is 0 Å². The third-order valence-electron chi connectivity index (χ3n) is 5.26. The van der Waals surface area contributed by atoms with E-state index in [9.17, 15) is 4.79 Å². The molecule has 134 valence electrons. The molecule has 3 aromatic rings. The Hall–Kier alpha value is -2.11. The van der Waals surface area contributed by atoms with Crippen molar-refractivity contribution in [2.24, 2.45) is 0 Å². The summed E-state index contributed by atoms with van der Waals surface area (Å²) in [6.07, 6.45) is 0. The molecule has 4 nitrogen and oxygen atoms in total. The second-order valence-electron chi connectivity index (χ2n) is 6.83. The van der Waals surface area contributed by atoms with Gasteiger partial charge in [-0.25, -0.2) is 0 Å². The summed E-state index contributed by atoms with van der Waals surface area (Å²) in [5, 5.41) is 1.08. The monoisotopic (exact) mass is 411 g/mol. The molecule has 0 spiro atoms. The summed E-state index contributed by atoms with van der Waals surface area (Å²) in [4.78, 5) is 20.5. The summed E-state index contributed by atoms with van der Waals surface area (Å²) in [5.41, 5.74) is 3.00. The Balaban J connectivity index is 1.41. The van der Waals surface area contributed by atoms with Gasteiger partial charge in [0.2, 0.25) is 0 Å². The molecule has 2 heterocycles. The lowest BCUT2D eigenvalue weighted by atomic mass is 10.1. The third kappa shape index (κ3) is 3.41. The Kier molecular flexibility index (Phi) is 4.83. The maximum absolute atomic E-state index is 12.8. The van der Waals surface area contributed by atoms with E-state index in [4.69, 9.17) is 0 Å². The second kappa shape index (κ2) is 7.25. The predicted molar refractivity (Wildman–Crippen MR) is 108 cm³/mol. The second-order valence-corrected chi connectivity index (χ2v) is 7.74. The van der Waals surface area contributed by atoms with Crippen molar-refractivity contribution in [3.63, 3.8) is 0 Å². The smallest absolute Gasteiger partial charge is 0.270 e. The average Bonchev–Trinajstić information content (AvgIpc) is 3.12. The van der Waals surface area contributed by atoms with Gasteiger partial charge in [0.25, 0.3) is 5.91 Å². The number of hydrogen-bond acceptors (Lipinski definition) is 2. The molecule has 1 aliphatic heterocycles. The number of para-hydroxylation sites is 1. The number of carbonyl (C=O) groups excluding carboxylic acids is 1. The van der Waals surface area contributed by atoms with Crippen LogP contribution in [0.2, 0.25) is 0 Å². The maximum Gasteiger partial charge on any atom is 0.270 e. The summed E-state index contributed by atoms with van der Waals surface area (Å²) in [5.74, 6) is 0.0946. The molecule has 0 radical (unpaired) electrons. The van der Waals surface area contributed by atoms with Crippen molar-refractivity contribution >= 4 is 32.7 Å². The average molecular weight is 412 g/mol. The minimum atomic E-state index is 0.0946. The van der Waals surface area contributed by atoms with Crippen LogP contribution in [0.4, 0.5) is 0 Å². The van der Waals surface area contributed by atoms with Gasteiger partial charge < -0.3 is 9.88 Å². The van der Waals surface area contributed by atoms with Crippen molar-refractivity contribution in [3.8, 4) is 0 Å². The number of fused-ring (bicyclic) bond motifs is 1. The van der Waals surface area contributed by atoms with Crippen LogP contribution in [-0.2, 0) is 0 Å². The van der Waals surface area contributed by atoms with Crippen molar-refractivity contribution < 1.29 is 4.79 Å². The van der Waals surface area contributed by atoms with Gasteiger partial charge in [0.05, 0.1) is 0 Å². The molecular formula is C21H22BrN3O. The zero-order valence-electron chi connectivity index (χ0n) is 14.8. The molecule has 2 aromatic carbocycles. The molecule has 4 rings (SSSR count). The van der Waals surface area contributed by atoms with Gasteiger partial charge in [-0.3, -0.25) is 9.69 Å². The van der Waals surface area contributed by atoms with Crippen molar-refractivity contribution in [2.75, 3.05) is 26.2 Å². The number of benzene rings is 2. The molecule has 1 saturated heterocycles. The summed E-state index contributed by atoms with van der Waals surface area (Å²) in [6, 6.07) is 18.8. The number of nitrogens with one attached hydrogen (secondary N) is 1. The van der Waals surface area contributed by atoms with Crippen molar-refractivity contribution in [2.45, 2.75) is 13.0 Å². The number of aromatic amines is 1. The fraction of sp³-hybridized carbons (Fsp3) is 0.286. The Morgan fingerprint density at radius 1 is 1.04 bits per heavy atom. The van der Waals surface area contributed by atoms with Gasteiger partial charge in [0.15, 0.2) is 0 Å². The number of carbonyl (C=O) groups is 1. The number of H-pyrrole nitrogens is 1. The van der Waals surface area contributed by atoms with E-state index < -0.39 is 0 Å². The first-order valence-electron chi connectivity index (χ1n) is 8.98. The highest BCUT2D eigenvalue weighted by atomic mass is 79.9. The van der Waals surface area contributed by atoms with Crippen LogP contribution in [0.25, 0.3) is 10.9 Å². The molecule has 5 heteroatoms. The molecule has 1 N–H and O–H groups in total. The van der Waals surface area contributed by atoms with Crippen LogP contribution in [0.1, 0.15) is 29.0 Å². The molecule has 0 saturated carbocycles. The molecule has 0 aliphatic carbocycles. The van der Waals surface area contributed by atoms with Gasteiger partial charge in [-0.2, -0.15) is 0 Å². The van der Waals surface area contributed by atoms with E-state index in [2.05, 4.69) is 57.0 Å². The van der Waals surface area contributed by atoms with Gasteiger partial charge >= 0.3 is 0 Å². The lowest BCUT2D eigenvalue weighted by molar-refractivity contribution is 0.0577. The molecule has 1 atom stereocenters. The highest BCUT2D eigenvalue weighted by Gasteiger charge is 2.26. The first kappa shape index (κ1) is 17.3. The summed E-state index contributed by atoms with van der Waals surface area (Å²) >= 11 is 3.49. The van der Waals surface area contributed by atoms with Crippen LogP contribution < -0.4 is 0 Å². The molecule has 1 aliphatic rings. The van der Waals surface area contributed by atoms with Crippen LogP contribution in [0.5, 0.6) is 0 Å². The summed E-state index contributed by atoms with van der Waals surface area (Å²) in [6.45, 7) is 5.54. The van der Waals surface area contributed by atoms with Gasteiger partial charge in [0, 0.05) is 47.6 Å². The minimum absolute atomic E-state index is 0.0946.